The number of rotatable bonds is 4. The summed E-state index contributed by atoms with van der Waals surface area (Å²) >= 11 is 0. The zero-order valence-electron chi connectivity index (χ0n) is 12.5. The summed E-state index contributed by atoms with van der Waals surface area (Å²) in [5.41, 5.74) is 0.422. The van der Waals surface area contributed by atoms with E-state index in [0.29, 0.717) is 12.0 Å². The first-order valence-corrected chi connectivity index (χ1v) is 8.76. The Balaban J connectivity index is 1.74. The van der Waals surface area contributed by atoms with Gasteiger partial charge in [0.1, 0.15) is 12.7 Å². The molecule has 2 saturated heterocycles. The van der Waals surface area contributed by atoms with Gasteiger partial charge in [-0.05, 0) is 25.5 Å². The molecule has 0 bridgehead atoms. The van der Waals surface area contributed by atoms with E-state index in [4.69, 9.17) is 4.74 Å². The molecule has 5 nitrogen and oxygen atoms in total. The molecule has 126 valence electrons. The van der Waals surface area contributed by atoms with Gasteiger partial charge in [0.05, 0.1) is 4.90 Å². The summed E-state index contributed by atoms with van der Waals surface area (Å²) in [6.45, 7) is 1.02. The number of nitrogens with zero attached hydrogens (tertiary/aromatic N) is 1. The van der Waals surface area contributed by atoms with E-state index < -0.39 is 34.6 Å². The molecule has 0 aliphatic carbocycles. The SMILES string of the molecule is CC(=O)c1ccc(S(=O)(=O)N2CCC(C3OCC3(F)F)C2)cc1. The Morgan fingerprint density at radius 1 is 1.30 bits per heavy atom. The van der Waals surface area contributed by atoms with Gasteiger partial charge in [-0.2, -0.15) is 4.31 Å². The molecule has 8 heteroatoms. The Morgan fingerprint density at radius 3 is 2.43 bits per heavy atom. The average Bonchev–Trinajstić information content (AvgIpc) is 2.96. The van der Waals surface area contributed by atoms with Gasteiger partial charge in [-0.15, -0.1) is 0 Å². The van der Waals surface area contributed by atoms with Gasteiger partial charge in [0.2, 0.25) is 10.0 Å². The lowest BCUT2D eigenvalue weighted by atomic mass is 9.93. The molecule has 23 heavy (non-hydrogen) atoms. The highest BCUT2D eigenvalue weighted by Crippen LogP contribution is 2.40. The van der Waals surface area contributed by atoms with Crippen LogP contribution in [0.2, 0.25) is 0 Å². The number of alkyl halides is 2. The third-order valence-electron chi connectivity index (χ3n) is 4.39. The molecule has 0 amide bonds. The molecule has 2 aliphatic rings. The molecular formula is C15H17F2NO4S. The molecule has 2 aliphatic heterocycles. The minimum Gasteiger partial charge on any atom is -0.365 e. The number of benzene rings is 1. The van der Waals surface area contributed by atoms with Crippen molar-refractivity contribution in [3.05, 3.63) is 29.8 Å². The Morgan fingerprint density at radius 2 is 1.96 bits per heavy atom. The monoisotopic (exact) mass is 345 g/mol. The van der Waals surface area contributed by atoms with Crippen LogP contribution in [0.1, 0.15) is 23.7 Å². The highest BCUT2D eigenvalue weighted by atomic mass is 32.2. The maximum absolute atomic E-state index is 13.4. The van der Waals surface area contributed by atoms with Crippen LogP contribution >= 0.6 is 0 Å². The molecule has 0 aromatic heterocycles. The van der Waals surface area contributed by atoms with Crippen molar-refractivity contribution in [2.45, 2.75) is 30.3 Å². The Hall–Kier alpha value is -1.38. The van der Waals surface area contributed by atoms with E-state index in [9.17, 15) is 22.0 Å². The fraction of sp³-hybridized carbons (Fsp3) is 0.533. The van der Waals surface area contributed by atoms with Gasteiger partial charge in [0.15, 0.2) is 5.78 Å². The number of ether oxygens (including phenoxy) is 1. The Labute approximate surface area is 133 Å². The van der Waals surface area contributed by atoms with Gasteiger partial charge in [-0.1, -0.05) is 12.1 Å². The minimum absolute atomic E-state index is 0.0249. The second kappa shape index (κ2) is 5.61. The maximum atomic E-state index is 13.4. The van der Waals surface area contributed by atoms with Crippen molar-refractivity contribution in [3.63, 3.8) is 0 Å². The van der Waals surface area contributed by atoms with Gasteiger partial charge in [0.25, 0.3) is 5.92 Å². The summed E-state index contributed by atoms with van der Waals surface area (Å²) in [6.07, 6.45) is -0.840. The molecule has 3 rings (SSSR count). The predicted molar refractivity (Wildman–Crippen MR) is 78.0 cm³/mol. The number of carbonyl (C=O) groups excluding carboxylic acids is 1. The number of ketones is 1. The van der Waals surface area contributed by atoms with Crippen LogP contribution in [0.25, 0.3) is 0 Å². The normalized spacial score (nSPS) is 27.6. The molecule has 2 unspecified atom stereocenters. The van der Waals surface area contributed by atoms with E-state index >= 15 is 0 Å². The zero-order valence-corrected chi connectivity index (χ0v) is 13.4. The van der Waals surface area contributed by atoms with Gasteiger partial charge in [-0.25, -0.2) is 17.2 Å². The van der Waals surface area contributed by atoms with Crippen LogP contribution in [0.15, 0.2) is 29.2 Å². The van der Waals surface area contributed by atoms with Crippen molar-refractivity contribution >= 4 is 15.8 Å². The second-order valence-electron chi connectivity index (χ2n) is 5.99. The number of Topliss-reactive ketones (excluding diaryl/α,β-unsaturated/α-hetero) is 1. The van der Waals surface area contributed by atoms with Crippen LogP contribution in [0, 0.1) is 5.92 Å². The molecule has 0 N–H and O–H groups in total. The lowest BCUT2D eigenvalue weighted by Crippen LogP contribution is -2.56. The van der Waals surface area contributed by atoms with E-state index in [1.807, 2.05) is 0 Å². The minimum atomic E-state index is -3.75. The van der Waals surface area contributed by atoms with E-state index in [-0.39, 0.29) is 23.8 Å². The quantitative estimate of drug-likeness (QED) is 0.783. The predicted octanol–water partition coefficient (Wildman–Crippen LogP) is 1.93. The first-order chi connectivity index (χ1) is 10.7. The fourth-order valence-electron chi connectivity index (χ4n) is 3.02. The summed E-state index contributed by atoms with van der Waals surface area (Å²) in [5.74, 6) is -3.52. The Bertz CT molecular complexity index is 717. The number of halogens is 2. The van der Waals surface area contributed by atoms with Crippen LogP contribution in [-0.4, -0.2) is 50.2 Å². The van der Waals surface area contributed by atoms with Gasteiger partial charge in [-0.3, -0.25) is 4.79 Å². The zero-order chi connectivity index (χ0) is 16.8. The van der Waals surface area contributed by atoms with Gasteiger partial charge >= 0.3 is 0 Å². The van der Waals surface area contributed by atoms with Crippen molar-refractivity contribution in [1.82, 2.24) is 4.31 Å². The molecule has 2 atom stereocenters. The lowest BCUT2D eigenvalue weighted by Gasteiger charge is -2.39. The fourth-order valence-corrected chi connectivity index (χ4v) is 4.53. The van der Waals surface area contributed by atoms with E-state index in [2.05, 4.69) is 0 Å². The molecule has 2 heterocycles. The molecular weight excluding hydrogens is 328 g/mol. The van der Waals surface area contributed by atoms with Crippen LogP contribution in [0.5, 0.6) is 0 Å². The molecule has 0 radical (unpaired) electrons. The maximum Gasteiger partial charge on any atom is 0.296 e. The summed E-state index contributed by atoms with van der Waals surface area (Å²) < 4.78 is 58.1. The summed E-state index contributed by atoms with van der Waals surface area (Å²) in [5, 5.41) is 0. The number of carbonyl (C=O) groups is 1. The van der Waals surface area contributed by atoms with Gasteiger partial charge in [0, 0.05) is 24.6 Å². The summed E-state index contributed by atoms with van der Waals surface area (Å²) in [6, 6.07) is 5.64. The molecule has 0 spiro atoms. The molecule has 2 fully saturated rings. The van der Waals surface area contributed by atoms with Crippen molar-refractivity contribution < 1.29 is 26.7 Å². The third kappa shape index (κ3) is 2.90. The largest absolute Gasteiger partial charge is 0.365 e. The molecule has 1 aromatic carbocycles. The van der Waals surface area contributed by atoms with Crippen molar-refractivity contribution in [2.24, 2.45) is 5.92 Å². The average molecular weight is 345 g/mol. The lowest BCUT2D eigenvalue weighted by molar-refractivity contribution is -0.279. The van der Waals surface area contributed by atoms with Crippen molar-refractivity contribution in [2.75, 3.05) is 19.7 Å². The van der Waals surface area contributed by atoms with Crippen LogP contribution < -0.4 is 0 Å². The highest BCUT2D eigenvalue weighted by Gasteiger charge is 2.55. The first kappa shape index (κ1) is 16.5. The van der Waals surface area contributed by atoms with Crippen LogP contribution in [0.3, 0.4) is 0 Å². The number of hydrogen-bond acceptors (Lipinski definition) is 4. The number of sulfonamides is 1. The molecule has 0 saturated carbocycles. The second-order valence-corrected chi connectivity index (χ2v) is 7.92. The smallest absolute Gasteiger partial charge is 0.296 e. The summed E-state index contributed by atoms with van der Waals surface area (Å²) in [4.78, 5) is 11.3. The van der Waals surface area contributed by atoms with Crippen molar-refractivity contribution in [1.29, 1.82) is 0 Å². The van der Waals surface area contributed by atoms with Crippen LogP contribution in [0.4, 0.5) is 8.78 Å². The summed E-state index contributed by atoms with van der Waals surface area (Å²) in [7, 11) is -3.75. The van der Waals surface area contributed by atoms with Crippen LogP contribution in [-0.2, 0) is 14.8 Å². The molecule has 1 aromatic rings. The Kier molecular flexibility index (Phi) is 4.02. The number of hydrogen-bond donors (Lipinski definition) is 0. The van der Waals surface area contributed by atoms with E-state index in [0.717, 1.165) is 0 Å². The first-order valence-electron chi connectivity index (χ1n) is 7.32. The van der Waals surface area contributed by atoms with E-state index in [1.165, 1.54) is 35.5 Å². The third-order valence-corrected chi connectivity index (χ3v) is 6.27. The standard InChI is InChI=1S/C15H17F2NO4S/c1-10(19)11-2-4-13(5-3-11)23(20,21)18-7-6-12(8-18)14-15(16,17)9-22-14/h2-5,12,14H,6-9H2,1H3. The van der Waals surface area contributed by atoms with Crippen molar-refractivity contribution in [3.8, 4) is 0 Å². The topological polar surface area (TPSA) is 63.7 Å². The highest BCUT2D eigenvalue weighted by molar-refractivity contribution is 7.89. The van der Waals surface area contributed by atoms with E-state index in [1.54, 1.807) is 0 Å². The van der Waals surface area contributed by atoms with Gasteiger partial charge < -0.3 is 4.74 Å².